The standard InChI is InChI=1S/C13H21N3O2/c1-4-10(3)15(5-2)9-11-6-7-12(14)13(8-11)16(17)18/h6-8,10H,4-5,9,14H2,1-3H3. The van der Waals surface area contributed by atoms with Crippen molar-refractivity contribution in [3.63, 3.8) is 0 Å². The molecule has 1 aromatic carbocycles. The topological polar surface area (TPSA) is 72.4 Å². The first kappa shape index (κ1) is 14.4. The van der Waals surface area contributed by atoms with Gasteiger partial charge in [-0.25, -0.2) is 0 Å². The first-order valence-electron chi connectivity index (χ1n) is 6.26. The SMILES string of the molecule is CCC(C)N(CC)Cc1ccc(N)c([N+](=O)[O-])c1. The summed E-state index contributed by atoms with van der Waals surface area (Å²) in [5.41, 5.74) is 6.72. The Morgan fingerprint density at radius 3 is 2.61 bits per heavy atom. The van der Waals surface area contributed by atoms with E-state index in [0.717, 1.165) is 18.5 Å². The number of nitrogen functional groups attached to an aromatic ring is 1. The smallest absolute Gasteiger partial charge is 0.292 e. The van der Waals surface area contributed by atoms with Crippen LogP contribution < -0.4 is 5.73 Å². The van der Waals surface area contributed by atoms with Gasteiger partial charge in [-0.05, 0) is 31.5 Å². The van der Waals surface area contributed by atoms with Crippen LogP contribution in [0.2, 0.25) is 0 Å². The molecule has 0 aliphatic heterocycles. The first-order valence-corrected chi connectivity index (χ1v) is 6.26. The van der Waals surface area contributed by atoms with Gasteiger partial charge >= 0.3 is 0 Å². The van der Waals surface area contributed by atoms with E-state index in [4.69, 9.17) is 5.73 Å². The van der Waals surface area contributed by atoms with E-state index in [0.29, 0.717) is 12.6 Å². The van der Waals surface area contributed by atoms with Crippen molar-refractivity contribution in [2.45, 2.75) is 39.8 Å². The molecular formula is C13H21N3O2. The molecule has 100 valence electrons. The van der Waals surface area contributed by atoms with E-state index in [9.17, 15) is 10.1 Å². The molecule has 0 bridgehead atoms. The molecule has 1 rings (SSSR count). The number of nitro groups is 1. The van der Waals surface area contributed by atoms with E-state index in [1.807, 2.05) is 6.07 Å². The van der Waals surface area contributed by atoms with Crippen molar-refractivity contribution >= 4 is 11.4 Å². The third-order valence-corrected chi connectivity index (χ3v) is 3.30. The first-order chi connectivity index (χ1) is 8.49. The third kappa shape index (κ3) is 3.43. The van der Waals surface area contributed by atoms with Gasteiger partial charge in [0.05, 0.1) is 4.92 Å². The van der Waals surface area contributed by atoms with Crippen LogP contribution in [0.15, 0.2) is 18.2 Å². The van der Waals surface area contributed by atoms with Crippen LogP contribution in [0.5, 0.6) is 0 Å². The maximum atomic E-state index is 10.8. The highest BCUT2D eigenvalue weighted by Gasteiger charge is 2.15. The van der Waals surface area contributed by atoms with Gasteiger partial charge in [0.1, 0.15) is 5.69 Å². The third-order valence-electron chi connectivity index (χ3n) is 3.30. The highest BCUT2D eigenvalue weighted by atomic mass is 16.6. The number of benzene rings is 1. The predicted octanol–water partition coefficient (Wildman–Crippen LogP) is 2.80. The second-order valence-corrected chi connectivity index (χ2v) is 4.47. The number of nitrogens with two attached hydrogens (primary N) is 1. The van der Waals surface area contributed by atoms with Gasteiger partial charge in [-0.15, -0.1) is 0 Å². The molecule has 5 nitrogen and oxygen atoms in total. The van der Waals surface area contributed by atoms with Crippen LogP contribution in [-0.4, -0.2) is 22.4 Å². The Morgan fingerprint density at radius 1 is 1.44 bits per heavy atom. The molecule has 5 heteroatoms. The van der Waals surface area contributed by atoms with Gasteiger partial charge in [0, 0.05) is 18.7 Å². The number of rotatable bonds is 6. The molecule has 0 saturated carbocycles. The summed E-state index contributed by atoms with van der Waals surface area (Å²) in [7, 11) is 0. The lowest BCUT2D eigenvalue weighted by atomic mass is 10.1. The molecule has 0 amide bonds. The number of hydrogen-bond donors (Lipinski definition) is 1. The molecule has 0 aromatic heterocycles. The fourth-order valence-electron chi connectivity index (χ4n) is 1.92. The van der Waals surface area contributed by atoms with Crippen molar-refractivity contribution in [1.82, 2.24) is 4.90 Å². The van der Waals surface area contributed by atoms with Crippen LogP contribution in [-0.2, 0) is 6.54 Å². The highest BCUT2D eigenvalue weighted by Crippen LogP contribution is 2.23. The van der Waals surface area contributed by atoms with Gasteiger partial charge in [-0.1, -0.05) is 19.9 Å². The Hall–Kier alpha value is -1.62. The normalized spacial score (nSPS) is 12.7. The maximum Gasteiger partial charge on any atom is 0.292 e. The second kappa shape index (κ2) is 6.35. The fourth-order valence-corrected chi connectivity index (χ4v) is 1.92. The van der Waals surface area contributed by atoms with E-state index in [1.165, 1.54) is 0 Å². The summed E-state index contributed by atoms with van der Waals surface area (Å²) in [5, 5.41) is 10.8. The fraction of sp³-hybridized carbons (Fsp3) is 0.538. The Morgan fingerprint density at radius 2 is 2.11 bits per heavy atom. The molecule has 0 aliphatic carbocycles. The number of nitro benzene ring substituents is 1. The van der Waals surface area contributed by atoms with Crippen molar-refractivity contribution in [1.29, 1.82) is 0 Å². The molecule has 0 saturated heterocycles. The number of hydrogen-bond acceptors (Lipinski definition) is 4. The molecule has 1 unspecified atom stereocenters. The zero-order chi connectivity index (χ0) is 13.7. The van der Waals surface area contributed by atoms with Crippen LogP contribution in [0.4, 0.5) is 11.4 Å². The van der Waals surface area contributed by atoms with Gasteiger partial charge in [0.2, 0.25) is 0 Å². The van der Waals surface area contributed by atoms with Gasteiger partial charge in [0.15, 0.2) is 0 Å². The van der Waals surface area contributed by atoms with Crippen LogP contribution in [0, 0.1) is 10.1 Å². The molecule has 0 fully saturated rings. The molecule has 0 spiro atoms. The lowest BCUT2D eigenvalue weighted by Crippen LogP contribution is -2.31. The minimum atomic E-state index is -0.432. The van der Waals surface area contributed by atoms with E-state index in [-0.39, 0.29) is 11.4 Å². The largest absolute Gasteiger partial charge is 0.393 e. The van der Waals surface area contributed by atoms with E-state index in [2.05, 4.69) is 25.7 Å². The van der Waals surface area contributed by atoms with E-state index < -0.39 is 4.92 Å². The van der Waals surface area contributed by atoms with Gasteiger partial charge < -0.3 is 5.73 Å². The summed E-state index contributed by atoms with van der Waals surface area (Å²) in [6.07, 6.45) is 1.06. The molecular weight excluding hydrogens is 230 g/mol. The van der Waals surface area contributed by atoms with Crippen LogP contribution in [0.25, 0.3) is 0 Å². The molecule has 0 heterocycles. The van der Waals surface area contributed by atoms with Gasteiger partial charge in [0.25, 0.3) is 5.69 Å². The summed E-state index contributed by atoms with van der Waals surface area (Å²) >= 11 is 0. The number of anilines is 1. The molecule has 0 radical (unpaired) electrons. The lowest BCUT2D eigenvalue weighted by Gasteiger charge is -2.26. The summed E-state index contributed by atoms with van der Waals surface area (Å²) in [5.74, 6) is 0. The van der Waals surface area contributed by atoms with Crippen LogP contribution >= 0.6 is 0 Å². The van der Waals surface area contributed by atoms with Crippen molar-refractivity contribution < 1.29 is 4.92 Å². The van der Waals surface area contributed by atoms with Crippen LogP contribution in [0.3, 0.4) is 0 Å². The molecule has 1 atom stereocenters. The Labute approximate surface area is 108 Å². The van der Waals surface area contributed by atoms with E-state index in [1.54, 1.807) is 12.1 Å². The quantitative estimate of drug-likeness (QED) is 0.479. The van der Waals surface area contributed by atoms with Crippen molar-refractivity contribution in [3.8, 4) is 0 Å². The monoisotopic (exact) mass is 251 g/mol. The van der Waals surface area contributed by atoms with Crippen molar-refractivity contribution in [2.24, 2.45) is 0 Å². The summed E-state index contributed by atoms with van der Waals surface area (Å²) in [6, 6.07) is 5.50. The second-order valence-electron chi connectivity index (χ2n) is 4.47. The van der Waals surface area contributed by atoms with Crippen LogP contribution in [0.1, 0.15) is 32.8 Å². The summed E-state index contributed by atoms with van der Waals surface area (Å²) in [4.78, 5) is 12.7. The molecule has 2 N–H and O–H groups in total. The van der Waals surface area contributed by atoms with Gasteiger partial charge in [-0.2, -0.15) is 0 Å². The Balaban J connectivity index is 2.90. The average Bonchev–Trinajstić information content (AvgIpc) is 2.36. The predicted molar refractivity (Wildman–Crippen MR) is 73.3 cm³/mol. The van der Waals surface area contributed by atoms with E-state index >= 15 is 0 Å². The highest BCUT2D eigenvalue weighted by molar-refractivity contribution is 5.59. The zero-order valence-electron chi connectivity index (χ0n) is 11.2. The lowest BCUT2D eigenvalue weighted by molar-refractivity contribution is -0.384. The van der Waals surface area contributed by atoms with Crippen molar-refractivity contribution in [2.75, 3.05) is 12.3 Å². The summed E-state index contributed by atoms with van der Waals surface area (Å²) < 4.78 is 0. The van der Waals surface area contributed by atoms with Gasteiger partial charge in [-0.3, -0.25) is 15.0 Å². The Kier molecular flexibility index (Phi) is 5.09. The molecule has 0 aliphatic rings. The molecule has 18 heavy (non-hydrogen) atoms. The van der Waals surface area contributed by atoms with Crippen molar-refractivity contribution in [3.05, 3.63) is 33.9 Å². The zero-order valence-corrected chi connectivity index (χ0v) is 11.2. The minimum Gasteiger partial charge on any atom is -0.393 e. The Bertz CT molecular complexity index is 421. The minimum absolute atomic E-state index is 0.00676. The average molecular weight is 251 g/mol. The molecule has 1 aromatic rings. The summed E-state index contributed by atoms with van der Waals surface area (Å²) in [6.45, 7) is 8.03. The number of nitrogens with zero attached hydrogens (tertiary/aromatic N) is 2. The maximum absolute atomic E-state index is 10.8.